The highest BCUT2D eigenvalue weighted by Gasteiger charge is 2.33. The Morgan fingerprint density at radius 1 is 1.24 bits per heavy atom. The van der Waals surface area contributed by atoms with Gasteiger partial charge in [-0.2, -0.15) is 4.98 Å². The number of carbonyl (C=O) groups is 1. The molecule has 0 unspecified atom stereocenters. The van der Waals surface area contributed by atoms with Crippen LogP contribution in [0.3, 0.4) is 0 Å². The van der Waals surface area contributed by atoms with Gasteiger partial charge in [0.05, 0.1) is 6.04 Å². The summed E-state index contributed by atoms with van der Waals surface area (Å²) in [5.41, 5.74) is 2.46. The smallest absolute Gasteiger partial charge is 0.226 e. The third-order valence-electron chi connectivity index (χ3n) is 5.07. The molecule has 1 atom stereocenters. The number of nitrogens with one attached hydrogen (secondary N) is 1. The predicted molar refractivity (Wildman–Crippen MR) is 94.0 cm³/mol. The first-order valence-corrected chi connectivity index (χ1v) is 9.37. The summed E-state index contributed by atoms with van der Waals surface area (Å²) in [6.07, 6.45) is 6.65. The second-order valence-electron chi connectivity index (χ2n) is 7.47. The predicted octanol–water partition coefficient (Wildman–Crippen LogP) is 3.85. The number of amides is 1. The van der Waals surface area contributed by atoms with Gasteiger partial charge in [0.15, 0.2) is 5.82 Å². The van der Waals surface area contributed by atoms with Crippen molar-refractivity contribution >= 4 is 5.91 Å². The summed E-state index contributed by atoms with van der Waals surface area (Å²) in [5, 5.41) is 7.24. The first kappa shape index (κ1) is 16.3. The molecule has 2 saturated carbocycles. The van der Waals surface area contributed by atoms with Crippen LogP contribution in [-0.2, 0) is 11.2 Å². The van der Waals surface area contributed by atoms with Crippen LogP contribution in [0.15, 0.2) is 28.8 Å². The zero-order valence-electron chi connectivity index (χ0n) is 14.7. The normalized spacial score (nSPS) is 18.1. The lowest BCUT2D eigenvalue weighted by atomic mass is 10.0. The van der Waals surface area contributed by atoms with Crippen LogP contribution in [-0.4, -0.2) is 16.0 Å². The Balaban J connectivity index is 1.27. The molecule has 0 bridgehead atoms. The quantitative estimate of drug-likeness (QED) is 0.793. The van der Waals surface area contributed by atoms with Crippen molar-refractivity contribution in [3.63, 3.8) is 0 Å². The standard InChI is InChI=1S/C20H25N3O2/c1-13-5-7-14(8-6-13)19(15-9-10-15)21-17(24)3-2-4-18-22-20(23-25-18)16-11-12-16/h5-8,15-16,19H,2-4,9-12H2,1H3,(H,21,24)/t19-/m0/s1. The second-order valence-corrected chi connectivity index (χ2v) is 7.47. The Hall–Kier alpha value is -2.17. The van der Waals surface area contributed by atoms with Crippen molar-refractivity contribution in [2.45, 2.75) is 63.8 Å². The zero-order valence-corrected chi connectivity index (χ0v) is 14.7. The second kappa shape index (κ2) is 6.98. The van der Waals surface area contributed by atoms with Crippen LogP contribution in [0.4, 0.5) is 0 Å². The van der Waals surface area contributed by atoms with E-state index in [2.05, 4.69) is 46.6 Å². The van der Waals surface area contributed by atoms with Crippen LogP contribution in [0.25, 0.3) is 0 Å². The molecule has 1 aromatic heterocycles. The molecule has 2 fully saturated rings. The Morgan fingerprint density at radius 2 is 2.00 bits per heavy atom. The maximum absolute atomic E-state index is 12.4. The van der Waals surface area contributed by atoms with E-state index in [1.807, 2.05) is 0 Å². The SMILES string of the molecule is Cc1ccc([C@H](NC(=O)CCCc2nc(C3CC3)no2)C2CC2)cc1. The van der Waals surface area contributed by atoms with E-state index >= 15 is 0 Å². The Bertz CT molecular complexity index is 730. The molecular weight excluding hydrogens is 314 g/mol. The van der Waals surface area contributed by atoms with E-state index in [0.717, 1.165) is 12.2 Å². The molecule has 25 heavy (non-hydrogen) atoms. The molecule has 1 N–H and O–H groups in total. The molecule has 2 aliphatic carbocycles. The van der Waals surface area contributed by atoms with E-state index in [0.29, 0.717) is 30.6 Å². The maximum Gasteiger partial charge on any atom is 0.226 e. The topological polar surface area (TPSA) is 68.0 Å². The van der Waals surface area contributed by atoms with E-state index in [-0.39, 0.29) is 11.9 Å². The fourth-order valence-corrected chi connectivity index (χ4v) is 3.20. The Labute approximate surface area is 148 Å². The lowest BCUT2D eigenvalue weighted by Gasteiger charge is -2.19. The van der Waals surface area contributed by atoms with Crippen molar-refractivity contribution in [1.82, 2.24) is 15.5 Å². The van der Waals surface area contributed by atoms with Crippen LogP contribution in [0.2, 0.25) is 0 Å². The number of hydrogen-bond donors (Lipinski definition) is 1. The van der Waals surface area contributed by atoms with Crippen molar-refractivity contribution in [3.8, 4) is 0 Å². The third-order valence-corrected chi connectivity index (χ3v) is 5.07. The fourth-order valence-electron chi connectivity index (χ4n) is 3.20. The largest absolute Gasteiger partial charge is 0.349 e. The number of benzene rings is 1. The van der Waals surface area contributed by atoms with E-state index in [4.69, 9.17) is 4.52 Å². The van der Waals surface area contributed by atoms with Gasteiger partial charge in [0.1, 0.15) is 0 Å². The zero-order chi connectivity index (χ0) is 17.2. The molecule has 5 heteroatoms. The maximum atomic E-state index is 12.4. The van der Waals surface area contributed by atoms with Crippen LogP contribution in [0.5, 0.6) is 0 Å². The minimum Gasteiger partial charge on any atom is -0.349 e. The van der Waals surface area contributed by atoms with Gasteiger partial charge < -0.3 is 9.84 Å². The number of rotatable bonds is 8. The molecule has 0 saturated heterocycles. The molecule has 4 rings (SSSR count). The highest BCUT2D eigenvalue weighted by Crippen LogP contribution is 2.41. The Morgan fingerprint density at radius 3 is 2.68 bits per heavy atom. The van der Waals surface area contributed by atoms with E-state index < -0.39 is 0 Å². The van der Waals surface area contributed by atoms with E-state index in [1.54, 1.807) is 0 Å². The van der Waals surface area contributed by atoms with Gasteiger partial charge in [-0.25, -0.2) is 0 Å². The van der Waals surface area contributed by atoms with Crippen molar-refractivity contribution in [2.24, 2.45) is 5.92 Å². The number of nitrogens with zero attached hydrogens (tertiary/aromatic N) is 2. The van der Waals surface area contributed by atoms with Gasteiger partial charge in [0, 0.05) is 18.8 Å². The molecule has 1 heterocycles. The molecule has 1 amide bonds. The van der Waals surface area contributed by atoms with Crippen LogP contribution >= 0.6 is 0 Å². The summed E-state index contributed by atoms with van der Waals surface area (Å²) in [6, 6.07) is 8.65. The Kier molecular flexibility index (Phi) is 4.55. The molecule has 1 aromatic carbocycles. The number of aryl methyl sites for hydroxylation is 2. The average Bonchev–Trinajstić information content (AvgIpc) is 3.53. The minimum absolute atomic E-state index is 0.111. The summed E-state index contributed by atoms with van der Waals surface area (Å²) in [4.78, 5) is 16.8. The average molecular weight is 339 g/mol. The lowest BCUT2D eigenvalue weighted by molar-refractivity contribution is -0.122. The molecule has 5 nitrogen and oxygen atoms in total. The van der Waals surface area contributed by atoms with E-state index in [1.165, 1.54) is 36.8 Å². The van der Waals surface area contributed by atoms with Crippen LogP contribution in [0, 0.1) is 12.8 Å². The highest BCUT2D eigenvalue weighted by atomic mass is 16.5. The van der Waals surface area contributed by atoms with Crippen molar-refractivity contribution in [2.75, 3.05) is 0 Å². The molecule has 2 aromatic rings. The number of aromatic nitrogens is 2. The first-order chi connectivity index (χ1) is 12.2. The van der Waals surface area contributed by atoms with Crippen LogP contribution in [0.1, 0.15) is 73.3 Å². The molecule has 2 aliphatic rings. The summed E-state index contributed by atoms with van der Waals surface area (Å²) in [6.45, 7) is 2.08. The van der Waals surface area contributed by atoms with Gasteiger partial charge in [-0.1, -0.05) is 35.0 Å². The monoisotopic (exact) mass is 339 g/mol. The first-order valence-electron chi connectivity index (χ1n) is 9.37. The van der Waals surface area contributed by atoms with E-state index in [9.17, 15) is 4.79 Å². The summed E-state index contributed by atoms with van der Waals surface area (Å²) in [5.74, 6) is 2.71. The fraction of sp³-hybridized carbons (Fsp3) is 0.550. The third kappa shape index (κ3) is 4.27. The van der Waals surface area contributed by atoms with Gasteiger partial charge in [0.25, 0.3) is 0 Å². The molecule has 0 aliphatic heterocycles. The molecule has 132 valence electrons. The number of carbonyl (C=O) groups excluding carboxylic acids is 1. The minimum atomic E-state index is 0.111. The highest BCUT2D eigenvalue weighted by molar-refractivity contribution is 5.76. The van der Waals surface area contributed by atoms with Gasteiger partial charge in [-0.05, 0) is 50.5 Å². The lowest BCUT2D eigenvalue weighted by Crippen LogP contribution is -2.29. The van der Waals surface area contributed by atoms with Crippen molar-refractivity contribution in [1.29, 1.82) is 0 Å². The molecular formula is C20H25N3O2. The summed E-state index contributed by atoms with van der Waals surface area (Å²) < 4.78 is 5.26. The van der Waals surface area contributed by atoms with Crippen LogP contribution < -0.4 is 5.32 Å². The van der Waals surface area contributed by atoms with Gasteiger partial charge in [-0.3, -0.25) is 4.79 Å². The molecule has 0 radical (unpaired) electrons. The van der Waals surface area contributed by atoms with Crippen molar-refractivity contribution in [3.05, 3.63) is 47.1 Å². The van der Waals surface area contributed by atoms with Gasteiger partial charge in [0.2, 0.25) is 11.8 Å². The summed E-state index contributed by atoms with van der Waals surface area (Å²) in [7, 11) is 0. The number of hydrogen-bond acceptors (Lipinski definition) is 4. The molecule has 0 spiro atoms. The van der Waals surface area contributed by atoms with Gasteiger partial charge >= 0.3 is 0 Å². The van der Waals surface area contributed by atoms with Gasteiger partial charge in [-0.15, -0.1) is 0 Å². The summed E-state index contributed by atoms with van der Waals surface area (Å²) >= 11 is 0. The van der Waals surface area contributed by atoms with Crippen molar-refractivity contribution < 1.29 is 9.32 Å².